The van der Waals surface area contributed by atoms with Crippen LogP contribution in [0, 0.1) is 10.1 Å². The molecular formula is C21H19N3O7S. The van der Waals surface area contributed by atoms with E-state index in [0.29, 0.717) is 5.75 Å². The molecule has 0 atom stereocenters. The fourth-order valence-corrected chi connectivity index (χ4v) is 3.94. The highest BCUT2D eigenvalue weighted by Crippen LogP contribution is 2.31. The lowest BCUT2D eigenvalue weighted by molar-refractivity contribution is -0.384. The lowest BCUT2D eigenvalue weighted by Gasteiger charge is -2.14. The van der Waals surface area contributed by atoms with Crippen molar-refractivity contribution in [3.63, 3.8) is 0 Å². The molecule has 11 heteroatoms. The van der Waals surface area contributed by atoms with Crippen molar-refractivity contribution >= 4 is 33.0 Å². The van der Waals surface area contributed by atoms with Gasteiger partial charge in [0, 0.05) is 17.7 Å². The number of carbonyl (C=O) groups is 1. The smallest absolute Gasteiger partial charge is 0.270 e. The minimum Gasteiger partial charge on any atom is -0.495 e. The molecule has 0 aliphatic heterocycles. The summed E-state index contributed by atoms with van der Waals surface area (Å²) in [5, 5.41) is 13.5. The van der Waals surface area contributed by atoms with Crippen molar-refractivity contribution < 1.29 is 27.6 Å². The van der Waals surface area contributed by atoms with Gasteiger partial charge in [0.25, 0.3) is 21.6 Å². The Morgan fingerprint density at radius 1 is 0.906 bits per heavy atom. The van der Waals surface area contributed by atoms with Crippen LogP contribution in [0.3, 0.4) is 0 Å². The van der Waals surface area contributed by atoms with E-state index >= 15 is 0 Å². The largest absolute Gasteiger partial charge is 0.495 e. The fraction of sp³-hybridized carbons (Fsp3) is 0.0952. The molecule has 2 N–H and O–H groups in total. The van der Waals surface area contributed by atoms with Gasteiger partial charge in [0.05, 0.1) is 35.4 Å². The summed E-state index contributed by atoms with van der Waals surface area (Å²) < 4.78 is 38.6. The van der Waals surface area contributed by atoms with Crippen LogP contribution in [0.5, 0.6) is 11.5 Å². The number of nitro groups is 1. The van der Waals surface area contributed by atoms with E-state index in [4.69, 9.17) is 9.47 Å². The Morgan fingerprint density at radius 3 is 2.28 bits per heavy atom. The summed E-state index contributed by atoms with van der Waals surface area (Å²) >= 11 is 0. The maximum absolute atomic E-state index is 12.9. The van der Waals surface area contributed by atoms with Crippen LogP contribution in [-0.2, 0) is 10.0 Å². The average molecular weight is 457 g/mol. The second-order valence-electron chi connectivity index (χ2n) is 6.43. The molecule has 0 bridgehead atoms. The third kappa shape index (κ3) is 4.95. The molecule has 3 aromatic rings. The number of sulfonamides is 1. The zero-order valence-corrected chi connectivity index (χ0v) is 17.9. The van der Waals surface area contributed by atoms with E-state index in [9.17, 15) is 23.3 Å². The Labute approximate surface area is 184 Å². The molecular weight excluding hydrogens is 438 g/mol. The van der Waals surface area contributed by atoms with Crippen LogP contribution in [0.15, 0.2) is 71.6 Å². The van der Waals surface area contributed by atoms with E-state index in [1.54, 1.807) is 24.3 Å². The molecule has 0 fully saturated rings. The van der Waals surface area contributed by atoms with Crippen molar-refractivity contribution in [2.45, 2.75) is 4.90 Å². The number of hydrogen-bond acceptors (Lipinski definition) is 7. The van der Waals surface area contributed by atoms with Gasteiger partial charge >= 0.3 is 0 Å². The number of non-ortho nitro benzene ring substituents is 1. The first kappa shape index (κ1) is 22.6. The first-order valence-electron chi connectivity index (χ1n) is 9.15. The molecule has 0 spiro atoms. The summed E-state index contributed by atoms with van der Waals surface area (Å²) in [6.45, 7) is 0. The number of nitrogens with one attached hydrogen (secondary N) is 2. The Kier molecular flexibility index (Phi) is 6.59. The summed E-state index contributed by atoms with van der Waals surface area (Å²) in [4.78, 5) is 22.8. The van der Waals surface area contributed by atoms with Crippen molar-refractivity contribution in [2.24, 2.45) is 0 Å². The van der Waals surface area contributed by atoms with Gasteiger partial charge in [-0.1, -0.05) is 18.2 Å². The summed E-state index contributed by atoms with van der Waals surface area (Å²) in [7, 11) is -1.26. The Bertz CT molecular complexity index is 1280. The van der Waals surface area contributed by atoms with Gasteiger partial charge in [-0.2, -0.15) is 0 Å². The van der Waals surface area contributed by atoms with E-state index in [1.165, 1.54) is 50.6 Å². The first-order chi connectivity index (χ1) is 15.2. The number of benzene rings is 3. The highest BCUT2D eigenvalue weighted by atomic mass is 32.2. The van der Waals surface area contributed by atoms with Gasteiger partial charge in [-0.15, -0.1) is 0 Å². The van der Waals surface area contributed by atoms with Crippen LogP contribution in [0.4, 0.5) is 17.1 Å². The molecule has 3 rings (SSSR count). The number of amides is 1. The van der Waals surface area contributed by atoms with Gasteiger partial charge in [-0.25, -0.2) is 8.42 Å². The molecule has 3 aromatic carbocycles. The van der Waals surface area contributed by atoms with Crippen molar-refractivity contribution in [2.75, 3.05) is 24.3 Å². The molecule has 0 unspecified atom stereocenters. The molecule has 0 saturated heterocycles. The number of hydrogen-bond donors (Lipinski definition) is 2. The van der Waals surface area contributed by atoms with Crippen molar-refractivity contribution in [3.05, 3.63) is 82.4 Å². The SMILES string of the molecule is COc1ccc(S(=O)(=O)Nc2ccccc2OC)cc1NC(=O)c1cccc([N+](=O)[O-])c1. The molecule has 0 heterocycles. The van der Waals surface area contributed by atoms with E-state index in [0.717, 1.165) is 6.07 Å². The van der Waals surface area contributed by atoms with Crippen molar-refractivity contribution in [3.8, 4) is 11.5 Å². The second kappa shape index (κ2) is 9.35. The summed E-state index contributed by atoms with van der Waals surface area (Å²) in [5.41, 5.74) is 0.100. The molecule has 0 aliphatic rings. The number of anilines is 2. The molecule has 0 aliphatic carbocycles. The van der Waals surface area contributed by atoms with E-state index in [-0.39, 0.29) is 33.3 Å². The summed E-state index contributed by atoms with van der Waals surface area (Å²) in [5.74, 6) is -0.122. The molecule has 0 radical (unpaired) electrons. The fourth-order valence-electron chi connectivity index (χ4n) is 2.84. The van der Waals surface area contributed by atoms with E-state index in [2.05, 4.69) is 10.0 Å². The van der Waals surface area contributed by atoms with Crippen LogP contribution in [0.1, 0.15) is 10.4 Å². The number of nitro benzene ring substituents is 1. The number of para-hydroxylation sites is 2. The summed E-state index contributed by atoms with van der Waals surface area (Å²) in [6.07, 6.45) is 0. The highest BCUT2D eigenvalue weighted by molar-refractivity contribution is 7.92. The molecule has 1 amide bonds. The van der Waals surface area contributed by atoms with Gasteiger partial charge in [-0.05, 0) is 36.4 Å². The monoisotopic (exact) mass is 457 g/mol. The number of nitrogens with zero attached hydrogens (tertiary/aromatic N) is 1. The van der Waals surface area contributed by atoms with Crippen LogP contribution < -0.4 is 19.5 Å². The topological polar surface area (TPSA) is 137 Å². The Morgan fingerprint density at radius 2 is 1.59 bits per heavy atom. The van der Waals surface area contributed by atoms with Crippen molar-refractivity contribution in [1.82, 2.24) is 0 Å². The third-order valence-corrected chi connectivity index (χ3v) is 5.76. The quantitative estimate of drug-likeness (QED) is 0.389. The van der Waals surface area contributed by atoms with Gasteiger partial charge < -0.3 is 14.8 Å². The number of ether oxygens (including phenoxy) is 2. The third-order valence-electron chi connectivity index (χ3n) is 4.40. The summed E-state index contributed by atoms with van der Waals surface area (Å²) in [6, 6.07) is 15.6. The molecule has 32 heavy (non-hydrogen) atoms. The van der Waals surface area contributed by atoms with Crippen LogP contribution in [-0.4, -0.2) is 33.5 Å². The lowest BCUT2D eigenvalue weighted by Crippen LogP contribution is -2.16. The predicted octanol–water partition coefficient (Wildman–Crippen LogP) is 3.67. The normalized spacial score (nSPS) is 10.8. The molecule has 0 aromatic heterocycles. The van der Waals surface area contributed by atoms with Crippen molar-refractivity contribution in [1.29, 1.82) is 0 Å². The number of methoxy groups -OCH3 is 2. The maximum atomic E-state index is 12.9. The van der Waals surface area contributed by atoms with E-state index in [1.807, 2.05) is 0 Å². The second-order valence-corrected chi connectivity index (χ2v) is 8.11. The zero-order valence-electron chi connectivity index (χ0n) is 17.1. The lowest BCUT2D eigenvalue weighted by atomic mass is 10.2. The molecule has 0 saturated carbocycles. The Balaban J connectivity index is 1.92. The highest BCUT2D eigenvalue weighted by Gasteiger charge is 2.20. The maximum Gasteiger partial charge on any atom is 0.270 e. The minimum absolute atomic E-state index is 0.0293. The van der Waals surface area contributed by atoms with Crippen LogP contribution in [0.2, 0.25) is 0 Å². The average Bonchev–Trinajstić information content (AvgIpc) is 2.79. The number of rotatable bonds is 8. The van der Waals surface area contributed by atoms with Crippen LogP contribution in [0.25, 0.3) is 0 Å². The first-order valence-corrected chi connectivity index (χ1v) is 10.6. The van der Waals surface area contributed by atoms with Gasteiger partial charge in [0.15, 0.2) is 0 Å². The minimum atomic E-state index is -4.04. The van der Waals surface area contributed by atoms with Gasteiger partial charge in [-0.3, -0.25) is 19.6 Å². The Hall–Kier alpha value is -4.12. The zero-order chi connectivity index (χ0) is 23.3. The van der Waals surface area contributed by atoms with Gasteiger partial charge in [0.2, 0.25) is 0 Å². The molecule has 10 nitrogen and oxygen atoms in total. The van der Waals surface area contributed by atoms with Gasteiger partial charge in [0.1, 0.15) is 11.5 Å². The standard InChI is InChI=1S/C21H19N3O7S/c1-30-19-9-4-3-8-17(19)23-32(28,29)16-10-11-20(31-2)18(13-16)22-21(25)14-6-5-7-15(12-14)24(26)27/h3-13,23H,1-2H3,(H,22,25). The number of carbonyl (C=O) groups excluding carboxylic acids is 1. The molecule has 166 valence electrons. The predicted molar refractivity (Wildman–Crippen MR) is 118 cm³/mol. The van der Waals surface area contributed by atoms with Crippen LogP contribution >= 0.6 is 0 Å². The van der Waals surface area contributed by atoms with E-state index < -0.39 is 20.9 Å².